The summed E-state index contributed by atoms with van der Waals surface area (Å²) < 4.78 is 33.0. The Balaban J connectivity index is 2.18. The molecule has 0 saturated heterocycles. The molecule has 1 N–H and O–H groups in total. The molecule has 0 aliphatic carbocycles. The van der Waals surface area contributed by atoms with Gasteiger partial charge in [-0.15, -0.1) is 0 Å². The normalized spacial score (nSPS) is 12.1. The molecule has 1 aromatic rings. The molecule has 0 unspecified atom stereocenters. The molecule has 0 aliphatic heterocycles. The summed E-state index contributed by atoms with van der Waals surface area (Å²) >= 11 is 0. The Labute approximate surface area is 167 Å². The van der Waals surface area contributed by atoms with Gasteiger partial charge in [0.15, 0.2) is 0 Å². The van der Waals surface area contributed by atoms with Gasteiger partial charge in [-0.05, 0) is 49.3 Å². The standard InChI is InChI=1S/C23H40O3S/c1-19(2)15-13-11-9-7-5-6-8-10-12-14-16-22-18-17-20(3)21(4)23(22)27(24,25)26/h17-19H,5-16H2,1-4H3,(H,24,25,26). The molecule has 0 atom stereocenters. The SMILES string of the molecule is Cc1ccc(CCCCCCCCCCCCC(C)C)c(S(=O)(=O)O)c1C. The zero-order valence-electron chi connectivity index (χ0n) is 17.9. The van der Waals surface area contributed by atoms with Crippen LogP contribution in [-0.4, -0.2) is 13.0 Å². The lowest BCUT2D eigenvalue weighted by molar-refractivity contribution is 0.480. The third-order valence-electron chi connectivity index (χ3n) is 5.49. The van der Waals surface area contributed by atoms with Gasteiger partial charge >= 0.3 is 0 Å². The highest BCUT2D eigenvalue weighted by atomic mass is 32.2. The minimum Gasteiger partial charge on any atom is -0.282 e. The lowest BCUT2D eigenvalue weighted by atomic mass is 10.00. The molecule has 4 heteroatoms. The molecule has 1 aromatic carbocycles. The summed E-state index contributed by atoms with van der Waals surface area (Å²) in [7, 11) is -4.16. The maximum atomic E-state index is 11.7. The predicted molar refractivity (Wildman–Crippen MR) is 115 cm³/mol. The minimum atomic E-state index is -4.16. The maximum Gasteiger partial charge on any atom is 0.295 e. The van der Waals surface area contributed by atoms with Gasteiger partial charge in [0.05, 0.1) is 0 Å². The van der Waals surface area contributed by atoms with Crippen molar-refractivity contribution < 1.29 is 13.0 Å². The first kappa shape index (κ1) is 24.2. The van der Waals surface area contributed by atoms with Crippen LogP contribution in [0.4, 0.5) is 0 Å². The van der Waals surface area contributed by atoms with Crippen LogP contribution >= 0.6 is 0 Å². The van der Waals surface area contributed by atoms with E-state index in [1.54, 1.807) is 6.92 Å². The average molecular weight is 397 g/mol. The molecule has 27 heavy (non-hydrogen) atoms. The van der Waals surface area contributed by atoms with Gasteiger partial charge < -0.3 is 0 Å². The van der Waals surface area contributed by atoms with Gasteiger partial charge in [0.25, 0.3) is 10.1 Å². The summed E-state index contributed by atoms with van der Waals surface area (Å²) in [5.74, 6) is 0.836. The van der Waals surface area contributed by atoms with Crippen LogP contribution in [0.1, 0.15) is 101 Å². The van der Waals surface area contributed by atoms with E-state index in [1.165, 1.54) is 57.8 Å². The summed E-state index contributed by atoms with van der Waals surface area (Å²) in [5.41, 5.74) is 2.32. The number of hydrogen-bond acceptors (Lipinski definition) is 2. The van der Waals surface area contributed by atoms with E-state index in [1.807, 2.05) is 19.1 Å². The summed E-state index contributed by atoms with van der Waals surface area (Å²) in [4.78, 5) is 0.125. The molecular weight excluding hydrogens is 356 g/mol. The zero-order valence-corrected chi connectivity index (χ0v) is 18.7. The summed E-state index contributed by atoms with van der Waals surface area (Å²) in [6.45, 7) is 8.23. The van der Waals surface area contributed by atoms with Gasteiger partial charge in [-0.3, -0.25) is 4.55 Å². The quantitative estimate of drug-likeness (QED) is 0.271. The van der Waals surface area contributed by atoms with Crippen molar-refractivity contribution in [2.45, 2.75) is 110 Å². The van der Waals surface area contributed by atoms with Crippen LogP contribution in [0.3, 0.4) is 0 Å². The molecule has 1 rings (SSSR count). The first-order chi connectivity index (χ1) is 12.7. The molecule has 0 heterocycles. The predicted octanol–water partition coefficient (Wildman–Crippen LogP) is 7.04. The Morgan fingerprint density at radius 2 is 1.30 bits per heavy atom. The lowest BCUT2D eigenvalue weighted by Crippen LogP contribution is -2.07. The molecule has 3 nitrogen and oxygen atoms in total. The van der Waals surface area contributed by atoms with E-state index < -0.39 is 10.1 Å². The Bertz CT molecular complexity index is 648. The summed E-state index contributed by atoms with van der Waals surface area (Å²) in [6.07, 6.45) is 14.8. The topological polar surface area (TPSA) is 54.4 Å². The van der Waals surface area contributed by atoms with E-state index in [-0.39, 0.29) is 4.90 Å². The number of unbranched alkanes of at least 4 members (excludes halogenated alkanes) is 9. The maximum absolute atomic E-state index is 11.7. The van der Waals surface area contributed by atoms with Gasteiger partial charge in [0.2, 0.25) is 0 Å². The highest BCUT2D eigenvalue weighted by Crippen LogP contribution is 2.25. The Morgan fingerprint density at radius 1 is 0.815 bits per heavy atom. The van der Waals surface area contributed by atoms with E-state index in [2.05, 4.69) is 13.8 Å². The summed E-state index contributed by atoms with van der Waals surface area (Å²) in [6, 6.07) is 3.80. The fraction of sp³-hybridized carbons (Fsp3) is 0.739. The second-order valence-corrected chi connectivity index (χ2v) is 9.80. The molecule has 156 valence electrons. The molecule has 0 bridgehead atoms. The molecule has 0 saturated carbocycles. The zero-order chi connectivity index (χ0) is 20.3. The van der Waals surface area contributed by atoms with Crippen molar-refractivity contribution >= 4 is 10.1 Å². The summed E-state index contributed by atoms with van der Waals surface area (Å²) in [5, 5.41) is 0. The van der Waals surface area contributed by atoms with Crippen molar-refractivity contribution in [2.24, 2.45) is 5.92 Å². The van der Waals surface area contributed by atoms with Gasteiger partial charge in [-0.25, -0.2) is 0 Å². The fourth-order valence-corrected chi connectivity index (χ4v) is 4.73. The van der Waals surface area contributed by atoms with E-state index in [9.17, 15) is 13.0 Å². The third kappa shape index (κ3) is 9.75. The number of hydrogen-bond donors (Lipinski definition) is 1. The highest BCUT2D eigenvalue weighted by molar-refractivity contribution is 7.86. The van der Waals surface area contributed by atoms with E-state index >= 15 is 0 Å². The lowest BCUT2D eigenvalue weighted by Gasteiger charge is -2.12. The molecule has 0 spiro atoms. The molecule has 0 aliphatic rings. The van der Waals surface area contributed by atoms with Crippen LogP contribution in [0.15, 0.2) is 17.0 Å². The molecule has 0 aromatic heterocycles. The number of benzene rings is 1. The Kier molecular flexibility index (Phi) is 11.2. The van der Waals surface area contributed by atoms with Crippen molar-refractivity contribution in [3.05, 3.63) is 28.8 Å². The third-order valence-corrected chi connectivity index (χ3v) is 6.58. The van der Waals surface area contributed by atoms with Crippen molar-refractivity contribution in [3.63, 3.8) is 0 Å². The van der Waals surface area contributed by atoms with Crippen molar-refractivity contribution in [1.82, 2.24) is 0 Å². The first-order valence-corrected chi connectivity index (χ1v) is 12.2. The van der Waals surface area contributed by atoms with Gasteiger partial charge in [-0.2, -0.15) is 8.42 Å². The van der Waals surface area contributed by atoms with Gasteiger partial charge in [0, 0.05) is 0 Å². The van der Waals surface area contributed by atoms with Gasteiger partial charge in [-0.1, -0.05) is 90.2 Å². The molecule has 0 amide bonds. The second-order valence-electron chi connectivity index (χ2n) is 8.44. The Morgan fingerprint density at radius 3 is 1.78 bits per heavy atom. The minimum absolute atomic E-state index is 0.125. The number of aryl methyl sites for hydroxylation is 2. The smallest absolute Gasteiger partial charge is 0.282 e. The van der Waals surface area contributed by atoms with Crippen molar-refractivity contribution in [3.8, 4) is 0 Å². The largest absolute Gasteiger partial charge is 0.295 e. The van der Waals surface area contributed by atoms with Crippen LogP contribution in [0.25, 0.3) is 0 Å². The Hall–Kier alpha value is -0.870. The van der Waals surface area contributed by atoms with Crippen LogP contribution in [0, 0.1) is 19.8 Å². The van der Waals surface area contributed by atoms with E-state index in [0.717, 1.165) is 29.9 Å². The first-order valence-electron chi connectivity index (χ1n) is 10.8. The van der Waals surface area contributed by atoms with Crippen molar-refractivity contribution in [1.29, 1.82) is 0 Å². The number of rotatable bonds is 14. The van der Waals surface area contributed by atoms with Crippen LogP contribution in [0.5, 0.6) is 0 Å². The monoisotopic (exact) mass is 396 g/mol. The van der Waals surface area contributed by atoms with Crippen molar-refractivity contribution in [2.75, 3.05) is 0 Å². The highest BCUT2D eigenvalue weighted by Gasteiger charge is 2.19. The fourth-order valence-electron chi connectivity index (χ4n) is 3.68. The van der Waals surface area contributed by atoms with Gasteiger partial charge in [0.1, 0.15) is 4.90 Å². The molecular formula is C23H40O3S. The molecule has 0 fully saturated rings. The molecule has 0 radical (unpaired) electrons. The van der Waals surface area contributed by atoms with E-state index in [0.29, 0.717) is 12.0 Å². The average Bonchev–Trinajstić information content (AvgIpc) is 2.57. The van der Waals surface area contributed by atoms with Crippen LogP contribution < -0.4 is 0 Å². The second kappa shape index (κ2) is 12.6. The van der Waals surface area contributed by atoms with Crippen LogP contribution in [-0.2, 0) is 16.5 Å². The van der Waals surface area contributed by atoms with Crippen LogP contribution in [0.2, 0.25) is 0 Å². The van der Waals surface area contributed by atoms with E-state index in [4.69, 9.17) is 0 Å².